The summed E-state index contributed by atoms with van der Waals surface area (Å²) in [4.78, 5) is 13.7. The Kier molecular flexibility index (Phi) is 8.72. The molecule has 1 amide bonds. The van der Waals surface area contributed by atoms with Crippen LogP contribution in [0.4, 0.5) is 5.69 Å². The SMILES string of the molecule is CCOc1ccc(N(CC(=O)N/N=C\c2ccc(C)cc2)S(=O)(=O)c2ccc(SC)cc2)cc1. The zero-order chi connectivity index (χ0) is 24.6. The summed E-state index contributed by atoms with van der Waals surface area (Å²) in [7, 11) is -4.01. The minimum atomic E-state index is -4.01. The van der Waals surface area contributed by atoms with Crippen LogP contribution < -0.4 is 14.5 Å². The molecular weight excluding hydrogens is 470 g/mol. The lowest BCUT2D eigenvalue weighted by Crippen LogP contribution is -2.39. The van der Waals surface area contributed by atoms with E-state index in [4.69, 9.17) is 4.74 Å². The van der Waals surface area contributed by atoms with E-state index in [9.17, 15) is 13.2 Å². The van der Waals surface area contributed by atoms with Crippen molar-refractivity contribution < 1.29 is 17.9 Å². The summed E-state index contributed by atoms with van der Waals surface area (Å²) in [5.41, 5.74) is 4.69. The monoisotopic (exact) mass is 497 g/mol. The van der Waals surface area contributed by atoms with Crippen molar-refractivity contribution in [1.29, 1.82) is 0 Å². The van der Waals surface area contributed by atoms with E-state index in [-0.39, 0.29) is 4.90 Å². The maximum absolute atomic E-state index is 13.5. The minimum absolute atomic E-state index is 0.0927. The van der Waals surface area contributed by atoms with Crippen LogP contribution in [-0.4, -0.2) is 39.9 Å². The summed E-state index contributed by atoms with van der Waals surface area (Å²) in [5, 5.41) is 3.97. The second-order valence-electron chi connectivity index (χ2n) is 7.32. The smallest absolute Gasteiger partial charge is 0.264 e. The van der Waals surface area contributed by atoms with Crippen molar-refractivity contribution in [2.45, 2.75) is 23.6 Å². The third-order valence-corrected chi connectivity index (χ3v) is 7.38. The average Bonchev–Trinajstić information content (AvgIpc) is 2.84. The predicted molar refractivity (Wildman–Crippen MR) is 137 cm³/mol. The Bertz CT molecular complexity index is 1220. The maximum Gasteiger partial charge on any atom is 0.264 e. The van der Waals surface area contributed by atoms with E-state index in [1.165, 1.54) is 30.1 Å². The van der Waals surface area contributed by atoms with Gasteiger partial charge in [-0.2, -0.15) is 5.10 Å². The summed E-state index contributed by atoms with van der Waals surface area (Å²) in [6, 6.07) is 20.7. The first-order valence-corrected chi connectivity index (χ1v) is 13.3. The number of carbonyl (C=O) groups excluding carboxylic acids is 1. The number of rotatable bonds is 10. The average molecular weight is 498 g/mol. The van der Waals surface area contributed by atoms with E-state index in [1.54, 1.807) is 36.4 Å². The molecule has 0 unspecified atom stereocenters. The summed E-state index contributed by atoms with van der Waals surface area (Å²) in [6.07, 6.45) is 3.42. The summed E-state index contributed by atoms with van der Waals surface area (Å²) < 4.78 is 33.5. The molecule has 0 radical (unpaired) electrons. The molecule has 0 atom stereocenters. The molecule has 0 aliphatic carbocycles. The van der Waals surface area contributed by atoms with E-state index in [1.807, 2.05) is 44.4 Å². The molecule has 3 aromatic carbocycles. The van der Waals surface area contributed by atoms with Crippen molar-refractivity contribution in [3.05, 3.63) is 83.9 Å². The van der Waals surface area contributed by atoms with Crippen LogP contribution >= 0.6 is 11.8 Å². The number of sulfonamides is 1. The summed E-state index contributed by atoms with van der Waals surface area (Å²) >= 11 is 1.52. The molecule has 7 nitrogen and oxygen atoms in total. The molecule has 178 valence electrons. The van der Waals surface area contributed by atoms with Crippen molar-refractivity contribution >= 4 is 39.6 Å². The summed E-state index contributed by atoms with van der Waals surface area (Å²) in [5.74, 6) is 0.0432. The van der Waals surface area contributed by atoms with E-state index >= 15 is 0 Å². The number of ether oxygens (including phenoxy) is 1. The van der Waals surface area contributed by atoms with Gasteiger partial charge in [0.2, 0.25) is 0 Å². The number of thioether (sulfide) groups is 1. The Hall–Kier alpha value is -3.30. The maximum atomic E-state index is 13.5. The van der Waals surface area contributed by atoms with Crippen molar-refractivity contribution in [3.63, 3.8) is 0 Å². The lowest BCUT2D eigenvalue weighted by molar-refractivity contribution is -0.119. The molecule has 9 heteroatoms. The fourth-order valence-electron chi connectivity index (χ4n) is 3.06. The Morgan fingerprint density at radius 1 is 1.03 bits per heavy atom. The van der Waals surface area contributed by atoms with E-state index in [0.29, 0.717) is 18.0 Å². The molecule has 0 saturated carbocycles. The van der Waals surface area contributed by atoms with Crippen LogP contribution in [0.5, 0.6) is 5.75 Å². The van der Waals surface area contributed by atoms with E-state index in [2.05, 4.69) is 10.5 Å². The number of hydrogen-bond donors (Lipinski definition) is 1. The number of nitrogens with zero attached hydrogens (tertiary/aromatic N) is 2. The van der Waals surface area contributed by atoms with Crippen molar-refractivity contribution in [2.24, 2.45) is 5.10 Å². The van der Waals surface area contributed by atoms with Gasteiger partial charge in [0.1, 0.15) is 12.3 Å². The molecule has 0 aromatic heterocycles. The third kappa shape index (κ3) is 6.61. The molecule has 0 spiro atoms. The van der Waals surface area contributed by atoms with Gasteiger partial charge in [0, 0.05) is 4.90 Å². The number of benzene rings is 3. The lowest BCUT2D eigenvalue weighted by Gasteiger charge is -2.24. The number of anilines is 1. The standard InChI is InChI=1S/C25H27N3O4S2/c1-4-32-22-11-9-21(10-12-22)28(34(30,31)24-15-13-23(33-3)14-16-24)18-25(29)27-26-17-20-7-5-19(2)6-8-20/h5-17H,4,18H2,1-3H3,(H,27,29)/b26-17-. The van der Waals surface area contributed by atoms with Gasteiger partial charge >= 0.3 is 0 Å². The zero-order valence-corrected chi connectivity index (χ0v) is 20.9. The van der Waals surface area contributed by atoms with Crippen molar-refractivity contribution in [3.8, 4) is 5.75 Å². The first kappa shape index (κ1) is 25.3. The molecule has 0 fully saturated rings. The number of amides is 1. The van der Waals surface area contributed by atoms with Gasteiger partial charge in [0.25, 0.3) is 15.9 Å². The highest BCUT2D eigenvalue weighted by Gasteiger charge is 2.27. The molecule has 0 saturated heterocycles. The van der Waals surface area contributed by atoms with Crippen LogP contribution in [-0.2, 0) is 14.8 Å². The van der Waals surface area contributed by atoms with Crippen LogP contribution in [0.3, 0.4) is 0 Å². The number of aryl methyl sites for hydroxylation is 1. The first-order valence-electron chi connectivity index (χ1n) is 10.6. The second kappa shape index (κ2) is 11.7. The fraction of sp³-hybridized carbons (Fsp3) is 0.200. The lowest BCUT2D eigenvalue weighted by atomic mass is 10.2. The van der Waals surface area contributed by atoms with Crippen LogP contribution in [0.25, 0.3) is 0 Å². The molecule has 34 heavy (non-hydrogen) atoms. The molecule has 0 aliphatic rings. The Morgan fingerprint density at radius 3 is 2.26 bits per heavy atom. The van der Waals surface area contributed by atoms with Gasteiger partial charge in [-0.05, 0) is 74.2 Å². The number of hydrogen-bond acceptors (Lipinski definition) is 6. The van der Waals surface area contributed by atoms with Crippen molar-refractivity contribution in [1.82, 2.24) is 5.43 Å². The normalized spacial score (nSPS) is 11.4. The largest absolute Gasteiger partial charge is 0.494 e. The number of nitrogens with one attached hydrogen (secondary N) is 1. The molecule has 1 N–H and O–H groups in total. The van der Waals surface area contributed by atoms with Gasteiger partial charge < -0.3 is 4.74 Å². The minimum Gasteiger partial charge on any atom is -0.494 e. The summed E-state index contributed by atoms with van der Waals surface area (Å²) in [6.45, 7) is 3.90. The van der Waals surface area contributed by atoms with Crippen LogP contribution in [0.15, 0.2) is 87.7 Å². The fourth-order valence-corrected chi connectivity index (χ4v) is 4.89. The molecule has 3 aromatic rings. The molecule has 3 rings (SSSR count). The number of hydrazone groups is 1. The van der Waals surface area contributed by atoms with E-state index < -0.39 is 22.5 Å². The molecule has 0 heterocycles. The van der Waals surface area contributed by atoms with Crippen LogP contribution in [0.2, 0.25) is 0 Å². The highest BCUT2D eigenvalue weighted by atomic mass is 32.2. The predicted octanol–water partition coefficient (Wildman–Crippen LogP) is 4.46. The quantitative estimate of drug-likeness (QED) is 0.254. The molecular formula is C25H27N3O4S2. The Labute approximate surface area is 204 Å². The second-order valence-corrected chi connectivity index (χ2v) is 10.1. The molecule has 0 aliphatic heterocycles. The zero-order valence-electron chi connectivity index (χ0n) is 19.3. The highest BCUT2D eigenvalue weighted by Crippen LogP contribution is 2.27. The number of carbonyl (C=O) groups is 1. The van der Waals surface area contributed by atoms with Gasteiger partial charge in [-0.3, -0.25) is 9.10 Å². The Morgan fingerprint density at radius 2 is 1.68 bits per heavy atom. The van der Waals surface area contributed by atoms with Gasteiger partial charge in [0.15, 0.2) is 0 Å². The van der Waals surface area contributed by atoms with Gasteiger partial charge in [-0.1, -0.05) is 29.8 Å². The van der Waals surface area contributed by atoms with E-state index in [0.717, 1.165) is 20.3 Å². The van der Waals surface area contributed by atoms with Gasteiger partial charge in [0.05, 0.1) is 23.4 Å². The highest BCUT2D eigenvalue weighted by molar-refractivity contribution is 7.98. The van der Waals surface area contributed by atoms with Crippen LogP contribution in [0.1, 0.15) is 18.1 Å². The third-order valence-electron chi connectivity index (χ3n) is 4.85. The Balaban J connectivity index is 1.84. The van der Waals surface area contributed by atoms with Gasteiger partial charge in [-0.15, -0.1) is 11.8 Å². The van der Waals surface area contributed by atoms with Crippen molar-refractivity contribution in [2.75, 3.05) is 23.7 Å². The van der Waals surface area contributed by atoms with Crippen LogP contribution in [0, 0.1) is 6.92 Å². The first-order chi connectivity index (χ1) is 16.3. The van der Waals surface area contributed by atoms with Gasteiger partial charge in [-0.25, -0.2) is 13.8 Å². The topological polar surface area (TPSA) is 88.1 Å². The molecule has 0 bridgehead atoms.